The molecule has 0 fully saturated rings. The first-order chi connectivity index (χ1) is 15.0. The zero-order chi connectivity index (χ0) is 23.6. The van der Waals surface area contributed by atoms with Crippen LogP contribution in [0.25, 0.3) is 11.3 Å². The molecule has 1 aromatic heterocycles. The number of aryl methyl sites for hydroxylation is 2. The van der Waals surface area contributed by atoms with Gasteiger partial charge >= 0.3 is 15.7 Å². The highest BCUT2D eigenvalue weighted by Crippen LogP contribution is 2.27. The quantitative estimate of drug-likeness (QED) is 0.536. The van der Waals surface area contributed by atoms with Crippen molar-refractivity contribution in [2.75, 3.05) is 6.26 Å². The molecule has 0 bridgehead atoms. The molecule has 0 atom stereocenters. The number of halogens is 3. The lowest BCUT2D eigenvalue weighted by Crippen LogP contribution is -2.28. The number of benzene rings is 2. The smallest absolute Gasteiger partial charge is 0.311 e. The third kappa shape index (κ3) is 5.17. The average molecular weight is 467 g/mol. The van der Waals surface area contributed by atoms with Gasteiger partial charge in [-0.25, -0.2) is 17.9 Å². The zero-order valence-corrected chi connectivity index (χ0v) is 18.0. The first-order valence-corrected chi connectivity index (χ1v) is 11.3. The fourth-order valence-electron chi connectivity index (χ4n) is 3.11. The Kier molecular flexibility index (Phi) is 6.70. The fraction of sp³-hybridized carbons (Fsp3) is 0.238. The van der Waals surface area contributed by atoms with Gasteiger partial charge in [-0.05, 0) is 49.2 Å². The molecular formula is C21H20F3N3O4S. The molecule has 32 heavy (non-hydrogen) atoms. The van der Waals surface area contributed by atoms with Crippen LogP contribution in [0.2, 0.25) is 0 Å². The Labute approximate surface area is 182 Å². The van der Waals surface area contributed by atoms with Gasteiger partial charge in [-0.3, -0.25) is 4.79 Å². The van der Waals surface area contributed by atoms with E-state index >= 15 is 0 Å². The van der Waals surface area contributed by atoms with Gasteiger partial charge in [0, 0.05) is 29.8 Å². The highest BCUT2D eigenvalue weighted by atomic mass is 32.2. The van der Waals surface area contributed by atoms with Crippen LogP contribution in [0, 0.1) is 24.4 Å². The SMILES string of the molecule is Cc1c(-c2ccc(F)c(CN)c2)nn(CCc2ccc(F)c(F)c2)c(=O)c1OS(C)(=O)=O. The Morgan fingerprint density at radius 3 is 2.38 bits per heavy atom. The van der Waals surface area contributed by atoms with E-state index < -0.39 is 38.9 Å². The summed E-state index contributed by atoms with van der Waals surface area (Å²) in [5, 5.41) is 4.29. The van der Waals surface area contributed by atoms with E-state index in [2.05, 4.69) is 5.10 Å². The lowest BCUT2D eigenvalue weighted by molar-refractivity contribution is 0.471. The van der Waals surface area contributed by atoms with Gasteiger partial charge in [0.05, 0.1) is 11.9 Å². The molecule has 7 nitrogen and oxygen atoms in total. The summed E-state index contributed by atoms with van der Waals surface area (Å²) in [6, 6.07) is 7.37. The Balaban J connectivity index is 2.11. The van der Waals surface area contributed by atoms with E-state index in [1.165, 1.54) is 31.2 Å². The highest BCUT2D eigenvalue weighted by Gasteiger charge is 2.21. The Morgan fingerprint density at radius 1 is 1.06 bits per heavy atom. The summed E-state index contributed by atoms with van der Waals surface area (Å²) < 4.78 is 69.9. The summed E-state index contributed by atoms with van der Waals surface area (Å²) >= 11 is 0. The van der Waals surface area contributed by atoms with Crippen molar-refractivity contribution in [3.63, 3.8) is 0 Å². The second-order valence-electron chi connectivity index (χ2n) is 7.13. The Bertz CT molecular complexity index is 1340. The van der Waals surface area contributed by atoms with E-state index in [1.807, 2.05) is 0 Å². The van der Waals surface area contributed by atoms with E-state index in [1.54, 1.807) is 0 Å². The number of hydrogen-bond donors (Lipinski definition) is 1. The fourth-order valence-corrected chi connectivity index (χ4v) is 3.61. The van der Waals surface area contributed by atoms with Crippen LogP contribution >= 0.6 is 0 Å². The summed E-state index contributed by atoms with van der Waals surface area (Å²) in [5.41, 5.74) is 6.06. The average Bonchev–Trinajstić information content (AvgIpc) is 2.73. The molecule has 0 saturated heterocycles. The van der Waals surface area contributed by atoms with Gasteiger partial charge in [0.15, 0.2) is 11.6 Å². The molecule has 0 amide bonds. The van der Waals surface area contributed by atoms with E-state index in [4.69, 9.17) is 9.92 Å². The molecule has 3 rings (SSSR count). The van der Waals surface area contributed by atoms with Crippen LogP contribution in [0.4, 0.5) is 13.2 Å². The van der Waals surface area contributed by atoms with E-state index in [-0.39, 0.29) is 36.3 Å². The van der Waals surface area contributed by atoms with Crippen molar-refractivity contribution in [1.82, 2.24) is 9.78 Å². The molecule has 0 unspecified atom stereocenters. The highest BCUT2D eigenvalue weighted by molar-refractivity contribution is 7.86. The Morgan fingerprint density at radius 2 is 1.75 bits per heavy atom. The summed E-state index contributed by atoms with van der Waals surface area (Å²) in [4.78, 5) is 12.9. The third-order valence-electron chi connectivity index (χ3n) is 4.72. The normalized spacial score (nSPS) is 11.6. The molecule has 0 aliphatic carbocycles. The molecule has 0 saturated carbocycles. The van der Waals surface area contributed by atoms with Crippen LogP contribution in [0.15, 0.2) is 41.2 Å². The molecule has 0 spiro atoms. The molecule has 0 aliphatic rings. The van der Waals surface area contributed by atoms with Crippen LogP contribution < -0.4 is 15.5 Å². The van der Waals surface area contributed by atoms with Crippen molar-refractivity contribution >= 4 is 10.1 Å². The number of hydrogen-bond acceptors (Lipinski definition) is 6. The largest absolute Gasteiger partial charge is 0.376 e. The lowest BCUT2D eigenvalue weighted by Gasteiger charge is -2.15. The minimum absolute atomic E-state index is 0.0811. The predicted octanol–water partition coefficient (Wildman–Crippen LogP) is 2.68. The number of nitrogens with two attached hydrogens (primary N) is 1. The number of nitrogens with zero attached hydrogens (tertiary/aromatic N) is 2. The van der Waals surface area contributed by atoms with Crippen molar-refractivity contribution in [3.8, 4) is 17.0 Å². The van der Waals surface area contributed by atoms with Gasteiger partial charge in [-0.1, -0.05) is 6.07 Å². The van der Waals surface area contributed by atoms with Gasteiger partial charge in [0.1, 0.15) is 5.82 Å². The predicted molar refractivity (Wildman–Crippen MR) is 112 cm³/mol. The number of rotatable bonds is 7. The first-order valence-electron chi connectivity index (χ1n) is 9.44. The summed E-state index contributed by atoms with van der Waals surface area (Å²) in [5.74, 6) is -3.01. The van der Waals surface area contributed by atoms with Crippen LogP contribution in [0.5, 0.6) is 5.75 Å². The van der Waals surface area contributed by atoms with E-state index in [0.29, 0.717) is 11.1 Å². The molecule has 3 aromatic rings. The van der Waals surface area contributed by atoms with Crippen molar-refractivity contribution in [3.05, 3.63) is 80.9 Å². The van der Waals surface area contributed by atoms with Crippen molar-refractivity contribution in [2.24, 2.45) is 5.73 Å². The van der Waals surface area contributed by atoms with Crippen LogP contribution in [0.3, 0.4) is 0 Å². The second-order valence-corrected chi connectivity index (χ2v) is 8.70. The minimum atomic E-state index is -4.05. The van der Waals surface area contributed by atoms with Crippen molar-refractivity contribution in [1.29, 1.82) is 0 Å². The molecule has 0 aliphatic heterocycles. The van der Waals surface area contributed by atoms with Crippen LogP contribution in [-0.2, 0) is 29.6 Å². The molecule has 170 valence electrons. The van der Waals surface area contributed by atoms with Crippen LogP contribution in [0.1, 0.15) is 16.7 Å². The lowest BCUT2D eigenvalue weighted by atomic mass is 10.0. The first kappa shape index (κ1) is 23.5. The number of aromatic nitrogens is 2. The van der Waals surface area contributed by atoms with Gasteiger partial charge in [-0.15, -0.1) is 0 Å². The zero-order valence-electron chi connectivity index (χ0n) is 17.2. The van der Waals surface area contributed by atoms with Gasteiger partial charge < -0.3 is 9.92 Å². The maximum Gasteiger partial charge on any atom is 0.311 e. The molecule has 11 heteroatoms. The molecule has 2 aromatic carbocycles. The van der Waals surface area contributed by atoms with Crippen molar-refractivity contribution in [2.45, 2.75) is 26.4 Å². The summed E-state index contributed by atoms with van der Waals surface area (Å²) in [6.07, 6.45) is 0.893. The second kappa shape index (κ2) is 9.13. The maximum absolute atomic E-state index is 13.9. The molecular weight excluding hydrogens is 447 g/mol. The van der Waals surface area contributed by atoms with Gasteiger partial charge in [-0.2, -0.15) is 13.5 Å². The van der Waals surface area contributed by atoms with Gasteiger partial charge in [0.25, 0.3) is 0 Å². The molecule has 1 heterocycles. The van der Waals surface area contributed by atoms with Crippen molar-refractivity contribution < 1.29 is 25.8 Å². The molecule has 0 radical (unpaired) electrons. The van der Waals surface area contributed by atoms with Gasteiger partial charge in [0.2, 0.25) is 5.75 Å². The van der Waals surface area contributed by atoms with E-state index in [9.17, 15) is 26.4 Å². The minimum Gasteiger partial charge on any atom is -0.376 e. The van der Waals surface area contributed by atoms with E-state index in [0.717, 1.165) is 23.1 Å². The molecule has 2 N–H and O–H groups in total. The van der Waals surface area contributed by atoms with Crippen LogP contribution in [-0.4, -0.2) is 24.5 Å². The summed E-state index contributed by atoms with van der Waals surface area (Å²) in [6.45, 7) is 1.29. The summed E-state index contributed by atoms with van der Waals surface area (Å²) in [7, 11) is -4.05. The Hall–Kier alpha value is -3.18. The third-order valence-corrected chi connectivity index (χ3v) is 5.18. The standard InChI is InChI=1S/C21H20F3N3O4S/c1-12-19(14-4-6-16(22)15(10-14)11-25)26-27(21(28)20(12)31-32(2,29)30)8-7-13-3-5-17(23)18(24)9-13/h3-6,9-10H,7-8,11,25H2,1-2H3. The maximum atomic E-state index is 13.9. The monoisotopic (exact) mass is 467 g/mol. The topological polar surface area (TPSA) is 104 Å².